The number of thioether (sulfide) groups is 1. The van der Waals surface area contributed by atoms with Crippen LogP contribution >= 0.6 is 11.8 Å². The van der Waals surface area contributed by atoms with E-state index in [1.54, 1.807) is 4.68 Å². The van der Waals surface area contributed by atoms with Crippen molar-refractivity contribution in [1.29, 1.82) is 0 Å². The average Bonchev–Trinajstić information content (AvgIpc) is 3.04. The molecular formula is C14H17N5O2S. The Hall–Kier alpha value is -1.93. The van der Waals surface area contributed by atoms with Crippen molar-refractivity contribution in [2.45, 2.75) is 17.3 Å². The summed E-state index contributed by atoms with van der Waals surface area (Å²) in [6, 6.07) is 9.64. The van der Waals surface area contributed by atoms with Crippen LogP contribution in [0.25, 0.3) is 5.69 Å². The number of carbonyl (C=O) groups excluding carboxylic acids is 1. The molecule has 1 aliphatic heterocycles. The molecule has 22 heavy (non-hydrogen) atoms. The lowest BCUT2D eigenvalue weighted by Crippen LogP contribution is -2.44. The summed E-state index contributed by atoms with van der Waals surface area (Å²) < 4.78 is 6.92. The Labute approximate surface area is 132 Å². The van der Waals surface area contributed by atoms with Crippen LogP contribution in [-0.2, 0) is 9.53 Å². The first-order valence-corrected chi connectivity index (χ1v) is 8.00. The zero-order valence-electron chi connectivity index (χ0n) is 12.3. The van der Waals surface area contributed by atoms with Crippen LogP contribution in [-0.4, -0.2) is 62.6 Å². The van der Waals surface area contributed by atoms with Crippen molar-refractivity contribution in [2.24, 2.45) is 0 Å². The molecule has 0 N–H and O–H groups in total. The first-order valence-electron chi connectivity index (χ1n) is 7.12. The second-order valence-corrected chi connectivity index (χ2v) is 6.21. The van der Waals surface area contributed by atoms with Gasteiger partial charge in [0.05, 0.1) is 24.2 Å². The van der Waals surface area contributed by atoms with Crippen LogP contribution < -0.4 is 0 Å². The summed E-state index contributed by atoms with van der Waals surface area (Å²) in [4.78, 5) is 14.3. The lowest BCUT2D eigenvalue weighted by atomic mass is 10.3. The Kier molecular flexibility index (Phi) is 4.69. The predicted octanol–water partition coefficient (Wildman–Crippen LogP) is 1.00. The molecular weight excluding hydrogens is 302 g/mol. The van der Waals surface area contributed by atoms with Crippen molar-refractivity contribution in [3.8, 4) is 5.69 Å². The van der Waals surface area contributed by atoms with Crippen molar-refractivity contribution in [1.82, 2.24) is 25.1 Å². The largest absolute Gasteiger partial charge is 0.378 e. The second-order valence-electron chi connectivity index (χ2n) is 4.91. The highest BCUT2D eigenvalue weighted by Crippen LogP contribution is 2.24. The third-order valence-electron chi connectivity index (χ3n) is 3.39. The zero-order valence-corrected chi connectivity index (χ0v) is 13.1. The molecule has 1 atom stereocenters. The van der Waals surface area contributed by atoms with E-state index in [0.717, 1.165) is 5.69 Å². The quantitative estimate of drug-likeness (QED) is 0.783. The van der Waals surface area contributed by atoms with Gasteiger partial charge in [0.2, 0.25) is 11.1 Å². The highest BCUT2D eigenvalue weighted by atomic mass is 32.2. The van der Waals surface area contributed by atoms with E-state index in [2.05, 4.69) is 15.5 Å². The fourth-order valence-corrected chi connectivity index (χ4v) is 3.12. The van der Waals surface area contributed by atoms with Crippen LogP contribution in [0, 0.1) is 0 Å². The number of rotatable bonds is 4. The molecule has 1 aliphatic rings. The number of morpholine rings is 1. The van der Waals surface area contributed by atoms with Crippen molar-refractivity contribution < 1.29 is 9.53 Å². The summed E-state index contributed by atoms with van der Waals surface area (Å²) >= 11 is 1.37. The number of tetrazole rings is 1. The van der Waals surface area contributed by atoms with Crippen LogP contribution in [0.3, 0.4) is 0 Å². The molecule has 1 amide bonds. The molecule has 2 heterocycles. The third-order valence-corrected chi connectivity index (χ3v) is 4.41. The van der Waals surface area contributed by atoms with E-state index in [9.17, 15) is 4.79 Å². The highest BCUT2D eigenvalue weighted by molar-refractivity contribution is 8.00. The molecule has 1 aromatic heterocycles. The summed E-state index contributed by atoms with van der Waals surface area (Å²) in [7, 11) is 0. The fourth-order valence-electron chi connectivity index (χ4n) is 2.23. The monoisotopic (exact) mass is 319 g/mol. The number of para-hydroxylation sites is 1. The van der Waals surface area contributed by atoms with Gasteiger partial charge in [0.1, 0.15) is 0 Å². The molecule has 7 nitrogen and oxygen atoms in total. The summed E-state index contributed by atoms with van der Waals surface area (Å²) in [5, 5.41) is 12.1. The second kappa shape index (κ2) is 6.89. The molecule has 0 saturated carbocycles. The SMILES string of the molecule is C[C@H](Sc1nnnn1-c1ccccc1)C(=O)N1CCOCC1. The lowest BCUT2D eigenvalue weighted by molar-refractivity contribution is -0.134. The van der Waals surface area contributed by atoms with E-state index in [4.69, 9.17) is 4.74 Å². The van der Waals surface area contributed by atoms with E-state index in [1.165, 1.54) is 11.8 Å². The summed E-state index contributed by atoms with van der Waals surface area (Å²) in [5.41, 5.74) is 0.876. The molecule has 0 spiro atoms. The summed E-state index contributed by atoms with van der Waals surface area (Å²) in [6.45, 7) is 4.38. The number of ether oxygens (including phenoxy) is 1. The molecule has 0 radical (unpaired) electrons. The van der Waals surface area contributed by atoms with Crippen LogP contribution in [0.4, 0.5) is 0 Å². The maximum atomic E-state index is 12.4. The third kappa shape index (κ3) is 3.28. The van der Waals surface area contributed by atoms with E-state index in [1.807, 2.05) is 42.2 Å². The van der Waals surface area contributed by atoms with Crippen LogP contribution in [0.2, 0.25) is 0 Å². The molecule has 1 aromatic carbocycles. The predicted molar refractivity (Wildman–Crippen MR) is 81.9 cm³/mol. The Morgan fingerprint density at radius 3 is 2.73 bits per heavy atom. The highest BCUT2D eigenvalue weighted by Gasteiger charge is 2.25. The Morgan fingerprint density at radius 1 is 1.27 bits per heavy atom. The Bertz CT molecular complexity index is 627. The number of amides is 1. The van der Waals surface area contributed by atoms with Gasteiger partial charge in [-0.25, -0.2) is 0 Å². The van der Waals surface area contributed by atoms with Gasteiger partial charge in [-0.05, 0) is 29.5 Å². The minimum Gasteiger partial charge on any atom is -0.378 e. The van der Waals surface area contributed by atoms with Crippen molar-refractivity contribution in [3.63, 3.8) is 0 Å². The van der Waals surface area contributed by atoms with Gasteiger partial charge in [-0.15, -0.1) is 5.10 Å². The van der Waals surface area contributed by atoms with Gasteiger partial charge < -0.3 is 9.64 Å². The minimum atomic E-state index is -0.244. The standard InChI is InChI=1S/C14H17N5O2S/c1-11(13(20)18-7-9-21-10-8-18)22-14-15-16-17-19(14)12-5-3-2-4-6-12/h2-6,11H,7-10H2,1H3/t11-/m0/s1. The van der Waals surface area contributed by atoms with Gasteiger partial charge in [0.25, 0.3) is 0 Å². The number of hydrogen-bond donors (Lipinski definition) is 0. The Balaban J connectivity index is 1.71. The molecule has 0 unspecified atom stereocenters. The topological polar surface area (TPSA) is 73.1 Å². The first kappa shape index (κ1) is 15.0. The van der Waals surface area contributed by atoms with Gasteiger partial charge in [-0.1, -0.05) is 30.0 Å². The van der Waals surface area contributed by atoms with Crippen molar-refractivity contribution in [2.75, 3.05) is 26.3 Å². The van der Waals surface area contributed by atoms with Crippen molar-refractivity contribution >= 4 is 17.7 Å². The lowest BCUT2D eigenvalue weighted by Gasteiger charge is -2.28. The van der Waals surface area contributed by atoms with E-state index in [-0.39, 0.29) is 11.2 Å². The Morgan fingerprint density at radius 2 is 2.00 bits per heavy atom. The van der Waals surface area contributed by atoms with Crippen molar-refractivity contribution in [3.05, 3.63) is 30.3 Å². The molecule has 0 aliphatic carbocycles. The first-order chi connectivity index (χ1) is 10.8. The minimum absolute atomic E-state index is 0.0934. The number of nitrogens with zero attached hydrogens (tertiary/aromatic N) is 5. The molecule has 116 valence electrons. The molecule has 1 saturated heterocycles. The molecule has 2 aromatic rings. The summed E-state index contributed by atoms with van der Waals surface area (Å²) in [6.07, 6.45) is 0. The number of carbonyl (C=O) groups is 1. The van der Waals surface area contributed by atoms with Crippen LogP contribution in [0.1, 0.15) is 6.92 Å². The number of benzene rings is 1. The number of aromatic nitrogens is 4. The normalized spacial score (nSPS) is 16.5. The fraction of sp³-hybridized carbons (Fsp3) is 0.429. The molecule has 0 bridgehead atoms. The van der Waals surface area contributed by atoms with E-state index >= 15 is 0 Å². The smallest absolute Gasteiger partial charge is 0.236 e. The molecule has 8 heteroatoms. The van der Waals surface area contributed by atoms with E-state index < -0.39 is 0 Å². The summed E-state index contributed by atoms with van der Waals surface area (Å²) in [5.74, 6) is 0.0934. The maximum Gasteiger partial charge on any atom is 0.236 e. The average molecular weight is 319 g/mol. The van der Waals surface area contributed by atoms with Gasteiger partial charge >= 0.3 is 0 Å². The molecule has 1 fully saturated rings. The number of hydrogen-bond acceptors (Lipinski definition) is 6. The van der Waals surface area contributed by atoms with Gasteiger partial charge in [-0.3, -0.25) is 4.79 Å². The maximum absolute atomic E-state index is 12.4. The van der Waals surface area contributed by atoms with Gasteiger partial charge in [-0.2, -0.15) is 4.68 Å². The zero-order chi connectivity index (χ0) is 15.4. The van der Waals surface area contributed by atoms with Gasteiger partial charge in [0, 0.05) is 13.1 Å². The van der Waals surface area contributed by atoms with E-state index in [0.29, 0.717) is 31.5 Å². The molecule has 3 rings (SSSR count). The van der Waals surface area contributed by atoms with Crippen LogP contribution in [0.5, 0.6) is 0 Å². The van der Waals surface area contributed by atoms with Crippen LogP contribution in [0.15, 0.2) is 35.5 Å². The van der Waals surface area contributed by atoms with Gasteiger partial charge in [0.15, 0.2) is 0 Å².